The van der Waals surface area contributed by atoms with Crippen molar-refractivity contribution < 1.29 is 46.1 Å². The highest BCUT2D eigenvalue weighted by molar-refractivity contribution is 6.31. The fourth-order valence-electron chi connectivity index (χ4n) is 5.37. The fraction of sp³-hybridized carbons (Fsp3) is 0.324. The number of methoxy groups -OCH3 is 1. The summed E-state index contributed by atoms with van der Waals surface area (Å²) in [6.07, 6.45) is -6.31. The molecule has 1 atom stereocenters. The van der Waals surface area contributed by atoms with E-state index in [0.717, 1.165) is 12.1 Å². The van der Waals surface area contributed by atoms with Crippen molar-refractivity contribution in [3.8, 4) is 22.8 Å². The summed E-state index contributed by atoms with van der Waals surface area (Å²) in [5.41, 5.74) is -5.22. The number of hydrogen-bond donors (Lipinski definition) is 3. The Morgan fingerprint density at radius 2 is 1.67 bits per heavy atom. The lowest BCUT2D eigenvalue weighted by Crippen LogP contribution is -2.52. The van der Waals surface area contributed by atoms with Gasteiger partial charge in [0, 0.05) is 35.1 Å². The number of carbonyl (C=O) groups is 2. The second-order valence-corrected chi connectivity index (χ2v) is 13.1. The van der Waals surface area contributed by atoms with Gasteiger partial charge in [-0.3, -0.25) is 9.59 Å². The largest absolute Gasteiger partial charge is 0.493 e. The fourth-order valence-corrected chi connectivity index (χ4v) is 5.55. The maximum atomic E-state index is 14.9. The van der Waals surface area contributed by atoms with E-state index in [1.54, 1.807) is 44.2 Å². The third-order valence-corrected chi connectivity index (χ3v) is 8.99. The van der Waals surface area contributed by atoms with E-state index in [1.165, 1.54) is 43.5 Å². The SMILES string of the molecule is COc1cc(C(=O)NCC(O)(c2cc(C(C)(C)NCC(=O)c3ccccc3)cc(-c3ccc(F)c(Cl)c3)n2)C(F)(F)F)ccc1OC1CC(F)C1. The number of rotatable bonds is 13. The molecule has 1 fully saturated rings. The number of ether oxygens (including phenoxy) is 2. The molecule has 3 aromatic carbocycles. The first-order chi connectivity index (χ1) is 24.0. The van der Waals surface area contributed by atoms with Crippen molar-refractivity contribution in [1.82, 2.24) is 15.6 Å². The Balaban J connectivity index is 1.47. The third-order valence-electron chi connectivity index (χ3n) is 8.70. The molecule has 51 heavy (non-hydrogen) atoms. The number of carbonyl (C=O) groups excluding carboxylic acids is 2. The number of amides is 1. The molecule has 14 heteroatoms. The maximum Gasteiger partial charge on any atom is 0.424 e. The third kappa shape index (κ3) is 8.49. The molecule has 0 saturated heterocycles. The number of nitrogens with one attached hydrogen (secondary N) is 2. The van der Waals surface area contributed by atoms with Gasteiger partial charge in [-0.15, -0.1) is 0 Å². The first-order valence-corrected chi connectivity index (χ1v) is 16.3. The number of halogens is 6. The van der Waals surface area contributed by atoms with Gasteiger partial charge in [0.15, 0.2) is 17.3 Å². The molecule has 0 bridgehead atoms. The molecule has 1 heterocycles. The Morgan fingerprint density at radius 1 is 0.961 bits per heavy atom. The van der Waals surface area contributed by atoms with Crippen LogP contribution in [0, 0.1) is 5.82 Å². The predicted molar refractivity (Wildman–Crippen MR) is 180 cm³/mol. The Hall–Kier alpha value is -4.59. The average Bonchev–Trinajstić information content (AvgIpc) is 3.09. The van der Waals surface area contributed by atoms with Crippen LogP contribution in [-0.2, 0) is 11.1 Å². The maximum absolute atomic E-state index is 14.9. The first kappa shape index (κ1) is 37.7. The minimum Gasteiger partial charge on any atom is -0.493 e. The van der Waals surface area contributed by atoms with E-state index >= 15 is 0 Å². The highest BCUT2D eigenvalue weighted by atomic mass is 35.5. The van der Waals surface area contributed by atoms with Crippen LogP contribution in [0.15, 0.2) is 78.9 Å². The predicted octanol–water partition coefficient (Wildman–Crippen LogP) is 7.32. The molecular formula is C37H35ClF5N3O5. The molecule has 0 spiro atoms. The second kappa shape index (κ2) is 14.9. The zero-order chi connectivity index (χ0) is 37.1. The number of pyridine rings is 1. The molecule has 1 amide bonds. The smallest absolute Gasteiger partial charge is 0.424 e. The molecule has 8 nitrogen and oxygen atoms in total. The van der Waals surface area contributed by atoms with E-state index < -0.39 is 47.5 Å². The van der Waals surface area contributed by atoms with Gasteiger partial charge < -0.3 is 25.2 Å². The zero-order valence-corrected chi connectivity index (χ0v) is 28.5. The van der Waals surface area contributed by atoms with Crippen molar-refractivity contribution >= 4 is 23.3 Å². The highest BCUT2D eigenvalue weighted by Crippen LogP contribution is 2.41. The summed E-state index contributed by atoms with van der Waals surface area (Å²) < 4.78 is 82.9. The summed E-state index contributed by atoms with van der Waals surface area (Å²) in [4.78, 5) is 30.2. The van der Waals surface area contributed by atoms with E-state index in [2.05, 4.69) is 15.6 Å². The normalized spacial score (nSPS) is 17.2. The number of Topliss-reactive ketones (excluding diaryl/α,β-unsaturated/α-hetero) is 1. The monoisotopic (exact) mass is 731 g/mol. The van der Waals surface area contributed by atoms with Crippen LogP contribution < -0.4 is 20.1 Å². The van der Waals surface area contributed by atoms with Crippen LogP contribution in [-0.4, -0.2) is 60.4 Å². The highest BCUT2D eigenvalue weighted by Gasteiger charge is 2.56. The van der Waals surface area contributed by atoms with Crippen LogP contribution in [0.4, 0.5) is 22.0 Å². The summed E-state index contributed by atoms with van der Waals surface area (Å²) in [6, 6.07) is 18.3. The molecular weight excluding hydrogens is 697 g/mol. The van der Waals surface area contributed by atoms with Gasteiger partial charge >= 0.3 is 6.18 Å². The quantitative estimate of drug-likeness (QED) is 0.0977. The van der Waals surface area contributed by atoms with Crippen molar-refractivity contribution in [2.24, 2.45) is 0 Å². The number of benzene rings is 3. The van der Waals surface area contributed by atoms with Gasteiger partial charge in [-0.25, -0.2) is 13.8 Å². The van der Waals surface area contributed by atoms with Crippen LogP contribution in [0.25, 0.3) is 11.3 Å². The molecule has 1 aliphatic rings. The van der Waals surface area contributed by atoms with E-state index in [1.807, 2.05) is 0 Å². The number of aliphatic hydroxyl groups is 1. The van der Waals surface area contributed by atoms with Gasteiger partial charge in [-0.2, -0.15) is 13.2 Å². The molecule has 270 valence electrons. The molecule has 0 radical (unpaired) electrons. The number of hydrogen-bond acceptors (Lipinski definition) is 7. The van der Waals surface area contributed by atoms with Crippen molar-refractivity contribution in [3.05, 3.63) is 112 Å². The lowest BCUT2D eigenvalue weighted by Gasteiger charge is -2.33. The summed E-state index contributed by atoms with van der Waals surface area (Å²) in [5.74, 6) is -1.67. The van der Waals surface area contributed by atoms with Gasteiger partial charge in [0.1, 0.15) is 18.1 Å². The lowest BCUT2D eigenvalue weighted by molar-refractivity contribution is -0.265. The molecule has 1 aromatic heterocycles. The number of nitrogens with zero attached hydrogens (tertiary/aromatic N) is 1. The Bertz CT molecular complexity index is 1900. The van der Waals surface area contributed by atoms with Crippen LogP contribution in [0.3, 0.4) is 0 Å². The minimum absolute atomic E-state index is 0.0893. The van der Waals surface area contributed by atoms with Crippen molar-refractivity contribution in [1.29, 1.82) is 0 Å². The van der Waals surface area contributed by atoms with E-state index in [4.69, 9.17) is 21.1 Å². The van der Waals surface area contributed by atoms with E-state index in [9.17, 15) is 36.6 Å². The van der Waals surface area contributed by atoms with Crippen LogP contribution >= 0.6 is 11.6 Å². The molecule has 4 aromatic rings. The van der Waals surface area contributed by atoms with Crippen LogP contribution in [0.5, 0.6) is 11.5 Å². The first-order valence-electron chi connectivity index (χ1n) is 15.9. The summed E-state index contributed by atoms with van der Waals surface area (Å²) in [5, 5.41) is 16.3. The number of aromatic nitrogens is 1. The van der Waals surface area contributed by atoms with Crippen molar-refractivity contribution in [2.45, 2.75) is 56.3 Å². The Morgan fingerprint density at radius 3 is 2.29 bits per heavy atom. The van der Waals surface area contributed by atoms with Gasteiger partial charge in [0.2, 0.25) is 5.60 Å². The van der Waals surface area contributed by atoms with Gasteiger partial charge in [0.05, 0.1) is 36.6 Å². The van der Waals surface area contributed by atoms with Crippen LogP contribution in [0.1, 0.15) is 58.7 Å². The van der Waals surface area contributed by atoms with Gasteiger partial charge in [-0.1, -0.05) is 41.9 Å². The Kier molecular flexibility index (Phi) is 11.0. The molecule has 0 aliphatic heterocycles. The summed E-state index contributed by atoms with van der Waals surface area (Å²) in [7, 11) is 1.31. The molecule has 1 unspecified atom stereocenters. The van der Waals surface area contributed by atoms with Gasteiger partial charge in [0.25, 0.3) is 5.91 Å². The van der Waals surface area contributed by atoms with Crippen molar-refractivity contribution in [2.75, 3.05) is 20.2 Å². The lowest BCUT2D eigenvalue weighted by atomic mass is 9.88. The molecule has 1 aliphatic carbocycles. The molecule has 1 saturated carbocycles. The van der Waals surface area contributed by atoms with Crippen LogP contribution in [0.2, 0.25) is 5.02 Å². The van der Waals surface area contributed by atoms with Crippen molar-refractivity contribution in [3.63, 3.8) is 0 Å². The standard InChI is InChI=1S/C37H35ClF5N3O5/c1-35(2,45-19-30(47)21-7-5-4-6-8-21)24-15-29(22-9-11-28(40)27(38)13-22)46-33(16-24)36(49,37(41,42)43)20-44-34(48)23-10-12-31(32(14-23)50-3)51-26-17-25(39)18-26/h4-16,25-26,45,49H,17-20H2,1-3H3,(H,44,48). The number of alkyl halides is 4. The second-order valence-electron chi connectivity index (χ2n) is 12.7. The molecule has 5 rings (SSSR count). The minimum atomic E-state index is -5.36. The summed E-state index contributed by atoms with van der Waals surface area (Å²) in [6.45, 7) is 1.72. The molecule has 3 N–H and O–H groups in total. The van der Waals surface area contributed by atoms with E-state index in [-0.39, 0.29) is 70.2 Å². The zero-order valence-electron chi connectivity index (χ0n) is 27.8. The Labute approximate surface area is 296 Å². The number of ketones is 1. The van der Waals surface area contributed by atoms with E-state index in [0.29, 0.717) is 5.56 Å². The topological polar surface area (TPSA) is 110 Å². The van der Waals surface area contributed by atoms with Gasteiger partial charge in [-0.05, 0) is 67.9 Å². The average molecular weight is 732 g/mol. The summed E-state index contributed by atoms with van der Waals surface area (Å²) >= 11 is 5.99.